The highest BCUT2D eigenvalue weighted by Gasteiger charge is 2.51. The van der Waals surface area contributed by atoms with Crippen LogP contribution in [-0.4, -0.2) is 131 Å². The van der Waals surface area contributed by atoms with E-state index in [1.165, 1.54) is 18.2 Å². The van der Waals surface area contributed by atoms with Gasteiger partial charge in [-0.05, 0) is 12.1 Å². The molecule has 2 aliphatic heterocycles. The molecule has 2 aliphatic rings. The van der Waals surface area contributed by atoms with Crippen LogP contribution in [0.25, 0.3) is 22.3 Å². The number of ether oxygens (including phenoxy) is 4. The van der Waals surface area contributed by atoms with E-state index in [0.29, 0.717) is 0 Å². The van der Waals surface area contributed by atoms with Crippen molar-refractivity contribution in [3.05, 3.63) is 36.4 Å². The Balaban J connectivity index is 1.57. The van der Waals surface area contributed by atoms with Crippen LogP contribution in [0, 0.1) is 0 Å². The molecule has 16 heteroatoms. The molecular weight excluding hydrogens is 580 g/mol. The van der Waals surface area contributed by atoms with Gasteiger partial charge in [-0.25, -0.2) is 4.42 Å². The van der Waals surface area contributed by atoms with Crippen LogP contribution in [0.4, 0.5) is 0 Å². The predicted molar refractivity (Wildman–Crippen MR) is 140 cm³/mol. The van der Waals surface area contributed by atoms with E-state index >= 15 is 0 Å². The van der Waals surface area contributed by atoms with Crippen molar-refractivity contribution in [2.75, 3.05) is 13.2 Å². The van der Waals surface area contributed by atoms with Gasteiger partial charge >= 0.3 is 11.3 Å². The molecule has 2 aromatic carbocycles. The van der Waals surface area contributed by atoms with Crippen LogP contribution in [0.15, 0.2) is 40.8 Å². The molecule has 16 nitrogen and oxygen atoms in total. The Kier molecular flexibility index (Phi) is 8.77. The van der Waals surface area contributed by atoms with Gasteiger partial charge in [-0.15, -0.1) is 0 Å². The second-order valence-electron chi connectivity index (χ2n) is 10.1. The summed E-state index contributed by atoms with van der Waals surface area (Å²) in [4.78, 5) is 0. The highest BCUT2D eigenvalue weighted by atomic mass is 16.8. The molecule has 0 bridgehead atoms. The maximum atomic E-state index is 10.9. The molecule has 43 heavy (non-hydrogen) atoms. The molecule has 2 fully saturated rings. The summed E-state index contributed by atoms with van der Waals surface area (Å²) in [6.07, 6.45) is -17.1. The van der Waals surface area contributed by atoms with Crippen LogP contribution >= 0.6 is 0 Å². The summed E-state index contributed by atoms with van der Waals surface area (Å²) in [7, 11) is 0. The first-order valence-electron chi connectivity index (χ1n) is 13.0. The topological polar surface area (TPSA) is 271 Å². The zero-order valence-corrected chi connectivity index (χ0v) is 22.1. The van der Waals surface area contributed by atoms with Gasteiger partial charge in [0.15, 0.2) is 23.9 Å². The monoisotopic (exact) mass is 611 g/mol. The average molecular weight is 612 g/mol. The molecular formula is C27H31O16+. The van der Waals surface area contributed by atoms with E-state index in [1.807, 2.05) is 0 Å². The molecule has 2 saturated heterocycles. The summed E-state index contributed by atoms with van der Waals surface area (Å²) in [5, 5.41) is 112. The molecule has 234 valence electrons. The van der Waals surface area contributed by atoms with Crippen molar-refractivity contribution in [1.29, 1.82) is 0 Å². The summed E-state index contributed by atoms with van der Waals surface area (Å²) >= 11 is 0. The van der Waals surface area contributed by atoms with E-state index in [1.54, 1.807) is 0 Å². The second-order valence-corrected chi connectivity index (χ2v) is 10.1. The van der Waals surface area contributed by atoms with E-state index < -0.39 is 91.9 Å². The minimum atomic E-state index is -1.89. The highest BCUT2D eigenvalue weighted by Crippen LogP contribution is 2.42. The van der Waals surface area contributed by atoms with Crippen LogP contribution in [0.5, 0.6) is 28.7 Å². The van der Waals surface area contributed by atoms with Gasteiger partial charge in [0, 0.05) is 18.2 Å². The van der Waals surface area contributed by atoms with Crippen molar-refractivity contribution < 1.29 is 79.5 Å². The van der Waals surface area contributed by atoms with Crippen molar-refractivity contribution >= 4 is 11.0 Å². The smallest absolute Gasteiger partial charge is 0.402 e. The molecule has 1 aromatic heterocycles. The molecule has 0 radical (unpaired) electrons. The number of hydrogen-bond acceptors (Lipinski definition) is 15. The Bertz CT molecular complexity index is 1450. The number of hydrogen-bond donors (Lipinski definition) is 11. The molecule has 0 aliphatic carbocycles. The summed E-state index contributed by atoms with van der Waals surface area (Å²) in [6.45, 7) is -1.56. The lowest BCUT2D eigenvalue weighted by Crippen LogP contribution is -2.65. The number of phenols is 4. The summed E-state index contributed by atoms with van der Waals surface area (Å²) in [5.41, 5.74) is 0.0892. The summed E-state index contributed by atoms with van der Waals surface area (Å²) in [6, 6.07) is 7.08. The minimum absolute atomic E-state index is 0.0288. The van der Waals surface area contributed by atoms with Gasteiger partial charge in [-0.3, -0.25) is 0 Å². The molecule has 5 rings (SSSR count). The number of benzene rings is 2. The highest BCUT2D eigenvalue weighted by molar-refractivity contribution is 5.88. The molecule has 0 spiro atoms. The Morgan fingerprint density at radius 1 is 0.674 bits per heavy atom. The number of aliphatic hydroxyl groups is 7. The molecule has 10 atom stereocenters. The first kappa shape index (κ1) is 30.9. The summed E-state index contributed by atoms with van der Waals surface area (Å²) in [5.74, 6) is -2.13. The van der Waals surface area contributed by atoms with E-state index in [0.717, 1.165) is 18.2 Å². The third-order valence-electron chi connectivity index (χ3n) is 7.26. The van der Waals surface area contributed by atoms with Gasteiger partial charge in [0.05, 0.1) is 24.8 Å². The standard InChI is InChI=1S/C27H30O16/c28-7-17-19(34)21(36)23(38)26(41-17)43-25-22(37)20(35)18(8-29)42-27(25)40-16-6-11-13(32)4-10(30)5-15(11)39-24(16)9-1-2-12(31)14(33)3-9/h1-6,17-23,25-29,34-38H,7-8H2,(H3-,30,31,32,33)/p+1/t17-,18-,19-,20+,21+,22+,23-,25-,26+,27-/m0/s1. The third-order valence-corrected chi connectivity index (χ3v) is 7.26. The van der Waals surface area contributed by atoms with Gasteiger partial charge in [0.25, 0.3) is 0 Å². The van der Waals surface area contributed by atoms with Gasteiger partial charge in [0.1, 0.15) is 59.6 Å². The lowest BCUT2D eigenvalue weighted by atomic mass is 9.97. The number of aliphatic hydroxyl groups excluding tert-OH is 7. The maximum Gasteiger partial charge on any atom is 0.402 e. The van der Waals surface area contributed by atoms with Crippen LogP contribution in [-0.2, 0) is 14.2 Å². The lowest BCUT2D eigenvalue weighted by molar-refractivity contribution is -0.357. The minimum Gasteiger partial charge on any atom is -0.507 e. The van der Waals surface area contributed by atoms with E-state index in [9.17, 15) is 56.2 Å². The molecule has 0 amide bonds. The first-order chi connectivity index (χ1) is 20.4. The molecule has 11 N–H and O–H groups in total. The van der Waals surface area contributed by atoms with E-state index in [2.05, 4.69) is 0 Å². The first-order valence-corrected chi connectivity index (χ1v) is 13.0. The zero-order valence-electron chi connectivity index (χ0n) is 22.1. The quantitative estimate of drug-likeness (QED) is 0.104. The van der Waals surface area contributed by atoms with Gasteiger partial charge in [-0.1, -0.05) is 0 Å². The second kappa shape index (κ2) is 12.2. The Labute approximate surface area is 242 Å². The van der Waals surface area contributed by atoms with Crippen molar-refractivity contribution in [3.63, 3.8) is 0 Å². The summed E-state index contributed by atoms with van der Waals surface area (Å²) < 4.78 is 28.6. The predicted octanol–water partition coefficient (Wildman–Crippen LogP) is -1.79. The van der Waals surface area contributed by atoms with Crippen molar-refractivity contribution in [1.82, 2.24) is 0 Å². The Hall–Kier alpha value is -3.55. The molecule has 0 unspecified atom stereocenters. The number of phenolic OH excluding ortho intramolecular Hbond substituents is 4. The van der Waals surface area contributed by atoms with Crippen LogP contribution in [0.3, 0.4) is 0 Å². The van der Waals surface area contributed by atoms with Crippen LogP contribution in [0.2, 0.25) is 0 Å². The van der Waals surface area contributed by atoms with Gasteiger partial charge in [0.2, 0.25) is 12.0 Å². The average Bonchev–Trinajstić information content (AvgIpc) is 2.98. The fourth-order valence-electron chi connectivity index (χ4n) is 4.89. The van der Waals surface area contributed by atoms with Crippen molar-refractivity contribution in [3.8, 4) is 40.1 Å². The normalized spacial score (nSPS) is 33.0. The lowest BCUT2D eigenvalue weighted by Gasteiger charge is -2.45. The van der Waals surface area contributed by atoms with Gasteiger partial charge < -0.3 is 75.1 Å². The van der Waals surface area contributed by atoms with E-state index in [-0.39, 0.29) is 33.8 Å². The van der Waals surface area contributed by atoms with Crippen molar-refractivity contribution in [2.45, 2.75) is 61.4 Å². The SMILES string of the molecule is OC[C@@H]1O[C@H](O[C@@H]2[C@@H](Oc3cc4c(O)cc(O)cc4[o+]c3-c3ccc(O)c(O)c3)O[C@@H](CO)[C@@H](O)[C@H]2O)[C@@H](O)[C@H](O)[C@H]1O. The van der Waals surface area contributed by atoms with Crippen molar-refractivity contribution in [2.24, 2.45) is 0 Å². The fourth-order valence-corrected chi connectivity index (χ4v) is 4.89. The molecule has 0 saturated carbocycles. The number of rotatable bonds is 7. The fraction of sp³-hybridized carbons (Fsp3) is 0.444. The Morgan fingerprint density at radius 3 is 1.98 bits per heavy atom. The van der Waals surface area contributed by atoms with Crippen LogP contribution < -0.4 is 4.74 Å². The number of fused-ring (bicyclic) bond motifs is 1. The zero-order chi connectivity index (χ0) is 31.2. The molecule has 3 aromatic rings. The van der Waals surface area contributed by atoms with Crippen LogP contribution in [0.1, 0.15) is 0 Å². The third kappa shape index (κ3) is 5.85. The maximum absolute atomic E-state index is 10.9. The Morgan fingerprint density at radius 2 is 1.33 bits per heavy atom. The van der Waals surface area contributed by atoms with E-state index in [4.69, 9.17) is 23.4 Å². The van der Waals surface area contributed by atoms with Gasteiger partial charge in [-0.2, -0.15) is 0 Å². The molecule has 3 heterocycles. The largest absolute Gasteiger partial charge is 0.507 e. The number of aromatic hydroxyl groups is 4.